The van der Waals surface area contributed by atoms with E-state index in [1.54, 1.807) is 18.3 Å². The summed E-state index contributed by atoms with van der Waals surface area (Å²) < 4.78 is 0. The smallest absolute Gasteiger partial charge is 0.140 e. The van der Waals surface area contributed by atoms with Crippen LogP contribution >= 0.6 is 11.6 Å². The van der Waals surface area contributed by atoms with E-state index >= 15 is 0 Å². The first kappa shape index (κ1) is 10.0. The molecule has 1 aromatic carbocycles. The third-order valence-electron chi connectivity index (χ3n) is 1.33. The van der Waals surface area contributed by atoms with Crippen LogP contribution < -0.4 is 0 Å². The third kappa shape index (κ3) is 3.92. The lowest BCUT2D eigenvalue weighted by atomic mass is 10.2. The molecule has 0 fully saturated rings. The quantitative estimate of drug-likeness (QED) is 0.456. The minimum atomic E-state index is -0.0298. The molecule has 0 amide bonds. The lowest BCUT2D eigenvalue weighted by Crippen LogP contribution is -1.93. The first-order chi connectivity index (χ1) is 6.33. The minimum absolute atomic E-state index is 0.0298. The molecule has 13 heavy (non-hydrogen) atoms. The van der Waals surface area contributed by atoms with Crippen molar-refractivity contribution in [2.45, 2.75) is 0 Å². The van der Waals surface area contributed by atoms with Gasteiger partial charge in [-0.2, -0.15) is 0 Å². The molecule has 0 saturated heterocycles. The van der Waals surface area contributed by atoms with Gasteiger partial charge in [0.05, 0.1) is 12.8 Å². The van der Waals surface area contributed by atoms with E-state index in [4.69, 9.17) is 21.5 Å². The number of benzene rings is 1. The van der Waals surface area contributed by atoms with Gasteiger partial charge in [0.25, 0.3) is 0 Å². The molecule has 0 bridgehead atoms. The van der Waals surface area contributed by atoms with Crippen molar-refractivity contribution in [1.29, 1.82) is 0 Å². The van der Waals surface area contributed by atoms with Crippen LogP contribution in [0.15, 0.2) is 29.4 Å². The molecule has 0 aliphatic carbocycles. The molecule has 0 aliphatic rings. The summed E-state index contributed by atoms with van der Waals surface area (Å²) in [6, 6.07) is 7.20. The zero-order valence-corrected chi connectivity index (χ0v) is 7.74. The summed E-state index contributed by atoms with van der Waals surface area (Å²) in [5, 5.41) is 12.7. The number of aliphatic hydroxyl groups is 1. The van der Waals surface area contributed by atoms with E-state index in [1.807, 2.05) is 12.1 Å². The average molecular weight is 200 g/mol. The molecule has 0 radical (unpaired) electrons. The van der Waals surface area contributed by atoms with Crippen LogP contribution in [0.1, 0.15) is 5.56 Å². The van der Waals surface area contributed by atoms with Crippen LogP contribution in [0.2, 0.25) is 5.02 Å². The minimum Gasteiger partial charge on any atom is -0.393 e. The molecule has 0 heterocycles. The van der Waals surface area contributed by atoms with Crippen molar-refractivity contribution in [1.82, 2.24) is 0 Å². The van der Waals surface area contributed by atoms with Gasteiger partial charge >= 0.3 is 0 Å². The summed E-state index contributed by atoms with van der Waals surface area (Å²) >= 11 is 5.69. The van der Waals surface area contributed by atoms with Gasteiger partial charge in [-0.1, -0.05) is 28.9 Å². The van der Waals surface area contributed by atoms with Crippen molar-refractivity contribution >= 4 is 17.8 Å². The van der Waals surface area contributed by atoms with Gasteiger partial charge in [0.15, 0.2) is 0 Å². The molecular weight excluding hydrogens is 190 g/mol. The molecule has 0 aromatic heterocycles. The van der Waals surface area contributed by atoms with Crippen molar-refractivity contribution in [2.75, 3.05) is 13.2 Å². The van der Waals surface area contributed by atoms with Crippen molar-refractivity contribution in [3.8, 4) is 0 Å². The van der Waals surface area contributed by atoms with Crippen molar-refractivity contribution in [2.24, 2.45) is 5.16 Å². The van der Waals surface area contributed by atoms with Crippen LogP contribution in [0, 0.1) is 0 Å². The first-order valence-corrected chi connectivity index (χ1v) is 4.22. The van der Waals surface area contributed by atoms with Gasteiger partial charge in [-0.3, -0.25) is 0 Å². The molecule has 0 atom stereocenters. The van der Waals surface area contributed by atoms with Crippen LogP contribution in [0.4, 0.5) is 0 Å². The fourth-order valence-corrected chi connectivity index (χ4v) is 0.866. The molecule has 0 saturated carbocycles. The Morgan fingerprint density at radius 1 is 1.38 bits per heavy atom. The summed E-state index contributed by atoms with van der Waals surface area (Å²) in [6.45, 7) is 0.183. The Kier molecular flexibility index (Phi) is 4.29. The zero-order valence-electron chi connectivity index (χ0n) is 6.98. The number of aliphatic hydroxyl groups excluding tert-OH is 1. The zero-order chi connectivity index (χ0) is 9.52. The summed E-state index contributed by atoms with van der Waals surface area (Å²) in [5.41, 5.74) is 0.905. The van der Waals surface area contributed by atoms with E-state index in [0.717, 1.165) is 5.56 Å². The van der Waals surface area contributed by atoms with Gasteiger partial charge in [0.1, 0.15) is 6.61 Å². The molecule has 70 valence electrons. The molecule has 1 N–H and O–H groups in total. The lowest BCUT2D eigenvalue weighted by Gasteiger charge is -1.94. The molecular formula is C9H10ClNO2. The average Bonchev–Trinajstić information content (AvgIpc) is 2.15. The fourth-order valence-electron chi connectivity index (χ4n) is 0.741. The Morgan fingerprint density at radius 2 is 2.08 bits per heavy atom. The first-order valence-electron chi connectivity index (χ1n) is 3.84. The number of halogens is 1. The Bertz CT molecular complexity index is 271. The number of nitrogens with zero attached hydrogens (tertiary/aromatic N) is 1. The van der Waals surface area contributed by atoms with Crippen LogP contribution in [-0.4, -0.2) is 24.5 Å². The largest absolute Gasteiger partial charge is 0.393 e. The van der Waals surface area contributed by atoms with Crippen molar-refractivity contribution < 1.29 is 9.94 Å². The monoisotopic (exact) mass is 199 g/mol. The highest BCUT2D eigenvalue weighted by molar-refractivity contribution is 6.30. The number of hydrogen-bond donors (Lipinski definition) is 1. The highest BCUT2D eigenvalue weighted by atomic mass is 35.5. The Morgan fingerprint density at radius 3 is 2.69 bits per heavy atom. The van der Waals surface area contributed by atoms with E-state index in [9.17, 15) is 0 Å². The lowest BCUT2D eigenvalue weighted by molar-refractivity contribution is 0.0997. The van der Waals surface area contributed by atoms with E-state index < -0.39 is 0 Å². The van der Waals surface area contributed by atoms with Crippen molar-refractivity contribution in [3.05, 3.63) is 34.9 Å². The van der Waals surface area contributed by atoms with Gasteiger partial charge in [0.2, 0.25) is 0 Å². The van der Waals surface area contributed by atoms with Crippen LogP contribution in [-0.2, 0) is 4.84 Å². The Hall–Kier alpha value is -1.06. The maximum Gasteiger partial charge on any atom is 0.140 e. The number of hydrogen-bond acceptors (Lipinski definition) is 3. The normalized spacial score (nSPS) is 10.6. The summed E-state index contributed by atoms with van der Waals surface area (Å²) in [5.74, 6) is 0. The van der Waals surface area contributed by atoms with E-state index in [-0.39, 0.29) is 13.2 Å². The Balaban J connectivity index is 2.44. The maximum absolute atomic E-state index is 8.38. The van der Waals surface area contributed by atoms with Gasteiger partial charge in [-0.05, 0) is 17.7 Å². The van der Waals surface area contributed by atoms with Gasteiger partial charge in [-0.15, -0.1) is 0 Å². The summed E-state index contributed by atoms with van der Waals surface area (Å²) in [7, 11) is 0. The molecule has 1 aromatic rings. The Labute approximate surface area is 81.6 Å². The summed E-state index contributed by atoms with van der Waals surface area (Å²) in [6.07, 6.45) is 1.56. The van der Waals surface area contributed by atoms with E-state index in [1.165, 1.54) is 0 Å². The second-order valence-corrected chi connectivity index (χ2v) is 2.78. The van der Waals surface area contributed by atoms with Gasteiger partial charge < -0.3 is 9.94 Å². The number of rotatable bonds is 4. The van der Waals surface area contributed by atoms with Crippen LogP contribution in [0.3, 0.4) is 0 Å². The molecule has 1 rings (SSSR count). The predicted octanol–water partition coefficient (Wildman–Crippen LogP) is 1.68. The van der Waals surface area contributed by atoms with E-state index in [0.29, 0.717) is 5.02 Å². The van der Waals surface area contributed by atoms with Crippen LogP contribution in [0.25, 0.3) is 0 Å². The van der Waals surface area contributed by atoms with E-state index in [2.05, 4.69) is 5.16 Å². The third-order valence-corrected chi connectivity index (χ3v) is 1.58. The second kappa shape index (κ2) is 5.56. The molecule has 3 nitrogen and oxygen atoms in total. The molecule has 0 unspecified atom stereocenters. The van der Waals surface area contributed by atoms with Gasteiger partial charge in [-0.25, -0.2) is 0 Å². The predicted molar refractivity (Wildman–Crippen MR) is 52.1 cm³/mol. The maximum atomic E-state index is 8.38. The standard InChI is InChI=1S/C9H10ClNO2/c10-9-3-1-8(2-4-9)7-11-13-6-5-12/h1-4,7,12H,5-6H2/b11-7-. The topological polar surface area (TPSA) is 41.8 Å². The highest BCUT2D eigenvalue weighted by Gasteiger charge is 1.87. The summed E-state index contributed by atoms with van der Waals surface area (Å²) in [4.78, 5) is 4.70. The molecule has 0 spiro atoms. The fraction of sp³-hybridized carbons (Fsp3) is 0.222. The molecule has 0 aliphatic heterocycles. The van der Waals surface area contributed by atoms with Crippen LogP contribution in [0.5, 0.6) is 0 Å². The number of oxime groups is 1. The second-order valence-electron chi connectivity index (χ2n) is 2.34. The molecule has 4 heteroatoms. The van der Waals surface area contributed by atoms with Crippen molar-refractivity contribution in [3.63, 3.8) is 0 Å². The SMILES string of the molecule is OCCO/N=C\c1ccc(Cl)cc1. The highest BCUT2D eigenvalue weighted by Crippen LogP contribution is 2.07. The van der Waals surface area contributed by atoms with Gasteiger partial charge in [0, 0.05) is 5.02 Å².